The third-order valence-electron chi connectivity index (χ3n) is 4.40. The fourth-order valence-electron chi connectivity index (χ4n) is 3.36. The number of benzene rings is 1. The van der Waals surface area contributed by atoms with Crippen molar-refractivity contribution in [2.45, 2.75) is 31.4 Å². The molecule has 3 rings (SSSR count). The lowest BCUT2D eigenvalue weighted by Crippen LogP contribution is -2.50. The first-order valence-electron chi connectivity index (χ1n) is 8.31. The SMILES string of the molecule is COc1ccc([C@H]2CN(Cc3ccccc3)C[C@@H](C)N2)c(CCl)n1. The van der Waals surface area contributed by atoms with Crippen LogP contribution in [0.4, 0.5) is 0 Å². The Labute approximate surface area is 148 Å². The van der Waals surface area contributed by atoms with Crippen molar-refractivity contribution in [3.05, 3.63) is 59.3 Å². The van der Waals surface area contributed by atoms with E-state index in [9.17, 15) is 0 Å². The molecule has 0 unspecified atom stereocenters. The van der Waals surface area contributed by atoms with E-state index in [2.05, 4.69) is 58.5 Å². The van der Waals surface area contributed by atoms with Crippen LogP contribution < -0.4 is 10.1 Å². The van der Waals surface area contributed by atoms with Crippen LogP contribution in [0.3, 0.4) is 0 Å². The minimum atomic E-state index is 0.226. The zero-order valence-corrected chi connectivity index (χ0v) is 15.0. The highest BCUT2D eigenvalue weighted by molar-refractivity contribution is 6.17. The average molecular weight is 346 g/mol. The number of nitrogens with zero attached hydrogens (tertiary/aromatic N) is 2. The Morgan fingerprint density at radius 3 is 2.71 bits per heavy atom. The van der Waals surface area contributed by atoms with Crippen LogP contribution in [0, 0.1) is 0 Å². The zero-order valence-electron chi connectivity index (χ0n) is 14.2. The molecule has 1 N–H and O–H groups in total. The lowest BCUT2D eigenvalue weighted by atomic mass is 10.0. The second-order valence-electron chi connectivity index (χ2n) is 6.32. The molecule has 1 fully saturated rings. The molecule has 128 valence electrons. The minimum absolute atomic E-state index is 0.226. The third-order valence-corrected chi connectivity index (χ3v) is 4.66. The second-order valence-corrected chi connectivity index (χ2v) is 6.59. The molecule has 2 atom stereocenters. The predicted octanol–water partition coefficient (Wildman–Crippen LogP) is 3.36. The molecular weight excluding hydrogens is 322 g/mol. The summed E-state index contributed by atoms with van der Waals surface area (Å²) in [7, 11) is 1.63. The molecule has 1 aliphatic heterocycles. The molecule has 2 heterocycles. The highest BCUT2D eigenvalue weighted by Crippen LogP contribution is 2.26. The van der Waals surface area contributed by atoms with Crippen LogP contribution in [0.5, 0.6) is 5.88 Å². The monoisotopic (exact) mass is 345 g/mol. The van der Waals surface area contributed by atoms with Crippen LogP contribution in [0.1, 0.15) is 29.8 Å². The lowest BCUT2D eigenvalue weighted by Gasteiger charge is -2.38. The molecule has 1 aromatic carbocycles. The van der Waals surface area contributed by atoms with Gasteiger partial charge < -0.3 is 10.1 Å². The van der Waals surface area contributed by atoms with Crippen molar-refractivity contribution in [2.75, 3.05) is 20.2 Å². The second kappa shape index (κ2) is 7.97. The number of methoxy groups -OCH3 is 1. The van der Waals surface area contributed by atoms with Gasteiger partial charge in [-0.2, -0.15) is 0 Å². The van der Waals surface area contributed by atoms with Gasteiger partial charge in [-0.15, -0.1) is 11.6 Å². The molecule has 2 aromatic rings. The van der Waals surface area contributed by atoms with Crippen LogP contribution >= 0.6 is 11.6 Å². The minimum Gasteiger partial charge on any atom is -0.481 e. The molecule has 1 saturated heterocycles. The van der Waals surface area contributed by atoms with Gasteiger partial charge in [0.1, 0.15) is 0 Å². The van der Waals surface area contributed by atoms with Crippen molar-refractivity contribution < 1.29 is 4.74 Å². The Morgan fingerprint density at radius 2 is 2.00 bits per heavy atom. The summed E-state index contributed by atoms with van der Waals surface area (Å²) in [6.45, 7) is 5.16. The highest BCUT2D eigenvalue weighted by atomic mass is 35.5. The van der Waals surface area contributed by atoms with Gasteiger partial charge in [0.2, 0.25) is 5.88 Å². The fourth-order valence-corrected chi connectivity index (χ4v) is 3.57. The Balaban J connectivity index is 1.78. The van der Waals surface area contributed by atoms with E-state index < -0.39 is 0 Å². The molecule has 4 nitrogen and oxygen atoms in total. The number of alkyl halides is 1. The summed E-state index contributed by atoms with van der Waals surface area (Å²) in [5.74, 6) is 0.997. The van der Waals surface area contributed by atoms with E-state index in [1.165, 1.54) is 5.56 Å². The molecule has 5 heteroatoms. The van der Waals surface area contributed by atoms with Crippen molar-refractivity contribution in [2.24, 2.45) is 0 Å². The maximum atomic E-state index is 6.12. The first kappa shape index (κ1) is 17.2. The van der Waals surface area contributed by atoms with Crippen LogP contribution in [-0.2, 0) is 12.4 Å². The molecule has 0 radical (unpaired) electrons. The molecule has 0 spiro atoms. The highest BCUT2D eigenvalue weighted by Gasteiger charge is 2.27. The molecule has 24 heavy (non-hydrogen) atoms. The Morgan fingerprint density at radius 1 is 1.21 bits per heavy atom. The quantitative estimate of drug-likeness (QED) is 0.843. The molecule has 0 bridgehead atoms. The normalized spacial score (nSPS) is 21.6. The topological polar surface area (TPSA) is 37.4 Å². The van der Waals surface area contributed by atoms with Gasteiger partial charge in [0.05, 0.1) is 18.7 Å². The first-order valence-corrected chi connectivity index (χ1v) is 8.85. The number of hydrogen-bond donors (Lipinski definition) is 1. The largest absolute Gasteiger partial charge is 0.481 e. The van der Waals surface area contributed by atoms with Gasteiger partial charge in [-0.05, 0) is 18.1 Å². The lowest BCUT2D eigenvalue weighted by molar-refractivity contribution is 0.159. The van der Waals surface area contributed by atoms with Crippen LogP contribution in [0.2, 0.25) is 0 Å². The standard InChI is InChI=1S/C19H24ClN3O/c1-14-11-23(12-15-6-4-3-5-7-15)13-18(21-14)16-8-9-19(24-2)22-17(16)10-20/h3-9,14,18,21H,10-13H2,1-2H3/t14-,18-/m1/s1. The van der Waals surface area contributed by atoms with Crippen LogP contribution in [-0.4, -0.2) is 36.1 Å². The number of piperazine rings is 1. The number of hydrogen-bond acceptors (Lipinski definition) is 4. The number of nitrogens with one attached hydrogen (secondary N) is 1. The van der Waals surface area contributed by atoms with Gasteiger partial charge in [0, 0.05) is 37.8 Å². The fraction of sp³-hybridized carbons (Fsp3) is 0.421. The molecule has 1 aromatic heterocycles. The van der Waals surface area contributed by atoms with Crippen molar-refractivity contribution in [3.8, 4) is 5.88 Å². The zero-order chi connectivity index (χ0) is 16.9. The maximum Gasteiger partial charge on any atom is 0.213 e. The third kappa shape index (κ3) is 4.07. The number of rotatable bonds is 5. The van der Waals surface area contributed by atoms with Gasteiger partial charge in [0.15, 0.2) is 0 Å². The summed E-state index contributed by atoms with van der Waals surface area (Å²) in [5, 5.41) is 3.68. The van der Waals surface area contributed by atoms with Gasteiger partial charge in [-0.3, -0.25) is 4.90 Å². The Kier molecular flexibility index (Phi) is 5.72. The number of pyridine rings is 1. The molecule has 0 aliphatic carbocycles. The number of aromatic nitrogens is 1. The van der Waals surface area contributed by atoms with E-state index in [1.807, 2.05) is 6.07 Å². The summed E-state index contributed by atoms with van der Waals surface area (Å²) in [4.78, 5) is 7.00. The molecule has 1 aliphatic rings. The Bertz CT molecular complexity index is 665. The summed E-state index contributed by atoms with van der Waals surface area (Å²) in [6, 6.07) is 15.2. The van der Waals surface area contributed by atoms with E-state index in [4.69, 9.17) is 16.3 Å². The van der Waals surface area contributed by atoms with Gasteiger partial charge in [0.25, 0.3) is 0 Å². The van der Waals surface area contributed by atoms with Crippen molar-refractivity contribution >= 4 is 11.6 Å². The van der Waals surface area contributed by atoms with E-state index in [1.54, 1.807) is 7.11 Å². The average Bonchev–Trinajstić information content (AvgIpc) is 2.61. The number of ether oxygens (including phenoxy) is 1. The van der Waals surface area contributed by atoms with Crippen molar-refractivity contribution in [3.63, 3.8) is 0 Å². The molecule has 0 amide bonds. The predicted molar refractivity (Wildman–Crippen MR) is 97.4 cm³/mol. The van der Waals surface area contributed by atoms with Crippen LogP contribution in [0.15, 0.2) is 42.5 Å². The first-order chi connectivity index (χ1) is 11.7. The van der Waals surface area contributed by atoms with Gasteiger partial charge >= 0.3 is 0 Å². The summed E-state index contributed by atoms with van der Waals surface area (Å²) in [6.07, 6.45) is 0. The Hall–Kier alpha value is -1.62. The van der Waals surface area contributed by atoms with E-state index in [-0.39, 0.29) is 6.04 Å². The molecular formula is C19H24ClN3O. The van der Waals surface area contributed by atoms with Crippen molar-refractivity contribution in [1.29, 1.82) is 0 Å². The maximum absolute atomic E-state index is 6.12. The number of halogens is 1. The van der Waals surface area contributed by atoms with Crippen LogP contribution in [0.25, 0.3) is 0 Å². The van der Waals surface area contributed by atoms with E-state index in [0.717, 1.165) is 30.9 Å². The molecule has 0 saturated carbocycles. The summed E-state index contributed by atoms with van der Waals surface area (Å²) in [5.41, 5.74) is 3.40. The summed E-state index contributed by atoms with van der Waals surface area (Å²) < 4.78 is 5.22. The summed E-state index contributed by atoms with van der Waals surface area (Å²) >= 11 is 6.12. The van der Waals surface area contributed by atoms with Crippen molar-refractivity contribution in [1.82, 2.24) is 15.2 Å². The smallest absolute Gasteiger partial charge is 0.213 e. The van der Waals surface area contributed by atoms with E-state index in [0.29, 0.717) is 17.8 Å². The van der Waals surface area contributed by atoms with E-state index >= 15 is 0 Å². The van der Waals surface area contributed by atoms with Gasteiger partial charge in [-0.1, -0.05) is 36.4 Å². The van der Waals surface area contributed by atoms with Gasteiger partial charge in [-0.25, -0.2) is 4.98 Å².